The molecular formula is C23H18O3. The summed E-state index contributed by atoms with van der Waals surface area (Å²) in [5.74, 6) is 1.27. The highest BCUT2D eigenvalue weighted by atomic mass is 16.5. The first-order valence-corrected chi connectivity index (χ1v) is 8.44. The van der Waals surface area contributed by atoms with Crippen molar-refractivity contribution >= 4 is 11.0 Å². The summed E-state index contributed by atoms with van der Waals surface area (Å²) in [7, 11) is 1.59. The van der Waals surface area contributed by atoms with Gasteiger partial charge in [-0.15, -0.1) is 0 Å². The molecule has 26 heavy (non-hydrogen) atoms. The van der Waals surface area contributed by atoms with Gasteiger partial charge in [0.05, 0.1) is 18.1 Å². The van der Waals surface area contributed by atoms with E-state index in [1.54, 1.807) is 25.3 Å². The minimum Gasteiger partial charge on any atom is -0.497 e. The molecule has 3 nitrogen and oxygen atoms in total. The molecule has 0 radical (unpaired) electrons. The van der Waals surface area contributed by atoms with E-state index < -0.39 is 0 Å². The lowest BCUT2D eigenvalue weighted by atomic mass is 9.99. The van der Waals surface area contributed by atoms with Gasteiger partial charge in [-0.25, -0.2) is 0 Å². The highest BCUT2D eigenvalue weighted by Crippen LogP contribution is 2.28. The highest BCUT2D eigenvalue weighted by molar-refractivity contribution is 5.84. The molecule has 0 aliphatic rings. The SMILES string of the molecule is COc1ccc2c(=O)c(-c3ccc(-c4ccccc4)cc3)c(C)oc2c1. The largest absolute Gasteiger partial charge is 0.497 e. The molecule has 0 aliphatic heterocycles. The van der Waals surface area contributed by atoms with Gasteiger partial charge in [0.2, 0.25) is 5.43 Å². The van der Waals surface area contributed by atoms with Gasteiger partial charge in [-0.2, -0.15) is 0 Å². The monoisotopic (exact) mass is 342 g/mol. The van der Waals surface area contributed by atoms with E-state index in [2.05, 4.69) is 12.1 Å². The number of rotatable bonds is 3. The van der Waals surface area contributed by atoms with Crippen LogP contribution in [0.5, 0.6) is 5.75 Å². The number of aryl methyl sites for hydroxylation is 1. The fourth-order valence-electron chi connectivity index (χ4n) is 3.21. The van der Waals surface area contributed by atoms with Gasteiger partial charge in [0.15, 0.2) is 0 Å². The molecule has 0 saturated heterocycles. The minimum atomic E-state index is -0.0288. The van der Waals surface area contributed by atoms with E-state index in [9.17, 15) is 4.79 Å². The minimum absolute atomic E-state index is 0.0288. The van der Waals surface area contributed by atoms with Gasteiger partial charge >= 0.3 is 0 Å². The van der Waals surface area contributed by atoms with Crippen LogP contribution in [0.4, 0.5) is 0 Å². The van der Waals surface area contributed by atoms with Gasteiger partial charge < -0.3 is 9.15 Å². The van der Waals surface area contributed by atoms with Crippen molar-refractivity contribution in [2.24, 2.45) is 0 Å². The van der Waals surface area contributed by atoms with Gasteiger partial charge in [0.25, 0.3) is 0 Å². The van der Waals surface area contributed by atoms with E-state index in [1.807, 2.05) is 49.4 Å². The third-order valence-corrected chi connectivity index (χ3v) is 4.56. The molecule has 3 heteroatoms. The summed E-state index contributed by atoms with van der Waals surface area (Å²) in [5, 5.41) is 0.554. The van der Waals surface area contributed by atoms with E-state index in [0.29, 0.717) is 28.0 Å². The van der Waals surface area contributed by atoms with E-state index in [4.69, 9.17) is 9.15 Å². The van der Waals surface area contributed by atoms with Crippen LogP contribution in [-0.2, 0) is 0 Å². The fraction of sp³-hybridized carbons (Fsp3) is 0.0870. The maximum Gasteiger partial charge on any atom is 0.200 e. The van der Waals surface area contributed by atoms with Gasteiger partial charge in [0, 0.05) is 6.07 Å². The molecule has 0 N–H and O–H groups in total. The number of hydrogen-bond donors (Lipinski definition) is 0. The normalized spacial score (nSPS) is 10.8. The van der Waals surface area contributed by atoms with Crippen LogP contribution in [-0.4, -0.2) is 7.11 Å². The molecule has 0 fully saturated rings. The molecule has 0 amide bonds. The van der Waals surface area contributed by atoms with Crippen LogP contribution in [0.1, 0.15) is 5.76 Å². The lowest BCUT2D eigenvalue weighted by Crippen LogP contribution is -2.07. The van der Waals surface area contributed by atoms with Gasteiger partial charge in [-0.3, -0.25) is 4.79 Å². The van der Waals surface area contributed by atoms with Gasteiger partial charge in [0.1, 0.15) is 17.1 Å². The Labute approximate surface area is 151 Å². The Hall–Kier alpha value is -3.33. The summed E-state index contributed by atoms with van der Waals surface area (Å²) in [5.41, 5.74) is 4.22. The zero-order valence-electron chi connectivity index (χ0n) is 14.7. The van der Waals surface area contributed by atoms with Crippen LogP contribution in [0.3, 0.4) is 0 Å². The third kappa shape index (κ3) is 2.78. The highest BCUT2D eigenvalue weighted by Gasteiger charge is 2.14. The molecule has 0 bridgehead atoms. The van der Waals surface area contributed by atoms with Crippen molar-refractivity contribution in [2.75, 3.05) is 7.11 Å². The van der Waals surface area contributed by atoms with Crippen molar-refractivity contribution in [1.29, 1.82) is 0 Å². The van der Waals surface area contributed by atoms with Crippen LogP contribution in [0.25, 0.3) is 33.2 Å². The van der Waals surface area contributed by atoms with Crippen molar-refractivity contribution < 1.29 is 9.15 Å². The molecule has 0 aliphatic carbocycles. The Kier molecular flexibility index (Phi) is 4.05. The van der Waals surface area contributed by atoms with E-state index in [-0.39, 0.29) is 5.43 Å². The summed E-state index contributed by atoms with van der Waals surface area (Å²) >= 11 is 0. The van der Waals surface area contributed by atoms with Gasteiger partial charge in [-0.1, -0.05) is 54.6 Å². The average molecular weight is 342 g/mol. The van der Waals surface area contributed by atoms with Crippen molar-refractivity contribution in [3.05, 3.63) is 88.8 Å². The number of methoxy groups -OCH3 is 1. The molecule has 4 rings (SSSR count). The molecule has 4 aromatic rings. The number of benzene rings is 3. The van der Waals surface area contributed by atoms with Crippen LogP contribution < -0.4 is 10.2 Å². The standard InChI is InChI=1S/C23H18O3/c1-15-22(23(24)20-13-12-19(25-2)14-21(20)26-15)18-10-8-17(9-11-18)16-6-4-3-5-7-16/h3-14H,1-2H3. The number of ether oxygens (including phenoxy) is 1. The Morgan fingerprint density at radius 2 is 1.46 bits per heavy atom. The first-order valence-electron chi connectivity index (χ1n) is 8.44. The maximum absolute atomic E-state index is 13.0. The number of fused-ring (bicyclic) bond motifs is 1. The predicted molar refractivity (Wildman–Crippen MR) is 105 cm³/mol. The number of hydrogen-bond acceptors (Lipinski definition) is 3. The molecule has 0 spiro atoms. The van der Waals surface area contributed by atoms with Crippen LogP contribution in [0, 0.1) is 6.92 Å². The zero-order valence-corrected chi connectivity index (χ0v) is 14.7. The quantitative estimate of drug-likeness (QED) is 0.497. The fourth-order valence-corrected chi connectivity index (χ4v) is 3.21. The summed E-state index contributed by atoms with van der Waals surface area (Å²) in [6.07, 6.45) is 0. The zero-order chi connectivity index (χ0) is 18.1. The average Bonchev–Trinajstić information content (AvgIpc) is 2.68. The van der Waals surface area contributed by atoms with Crippen molar-refractivity contribution in [2.45, 2.75) is 6.92 Å². The summed E-state index contributed by atoms with van der Waals surface area (Å²) in [6.45, 7) is 1.82. The Balaban J connectivity index is 1.83. The predicted octanol–water partition coefficient (Wildman–Crippen LogP) is 5.44. The summed E-state index contributed by atoms with van der Waals surface area (Å²) < 4.78 is 11.1. The van der Waals surface area contributed by atoms with E-state index in [1.165, 1.54) is 0 Å². The van der Waals surface area contributed by atoms with Crippen molar-refractivity contribution in [3.63, 3.8) is 0 Å². The Morgan fingerprint density at radius 3 is 2.15 bits per heavy atom. The van der Waals surface area contributed by atoms with Crippen LogP contribution in [0.15, 0.2) is 82.0 Å². The van der Waals surface area contributed by atoms with Crippen LogP contribution in [0.2, 0.25) is 0 Å². The lowest BCUT2D eigenvalue weighted by Gasteiger charge is -2.09. The van der Waals surface area contributed by atoms with E-state index in [0.717, 1.165) is 16.7 Å². The summed E-state index contributed by atoms with van der Waals surface area (Å²) in [6, 6.07) is 23.4. The second-order valence-electron chi connectivity index (χ2n) is 6.17. The Morgan fingerprint density at radius 1 is 0.808 bits per heavy atom. The first-order chi connectivity index (χ1) is 12.7. The molecule has 1 aromatic heterocycles. The molecule has 0 saturated carbocycles. The Bertz CT molecular complexity index is 1120. The molecule has 0 atom stereocenters. The maximum atomic E-state index is 13.0. The van der Waals surface area contributed by atoms with Crippen molar-refractivity contribution in [1.82, 2.24) is 0 Å². The van der Waals surface area contributed by atoms with E-state index >= 15 is 0 Å². The summed E-state index contributed by atoms with van der Waals surface area (Å²) in [4.78, 5) is 13.0. The molecule has 3 aromatic carbocycles. The molecule has 1 heterocycles. The second-order valence-corrected chi connectivity index (χ2v) is 6.17. The molecule has 0 unspecified atom stereocenters. The molecular weight excluding hydrogens is 324 g/mol. The van der Waals surface area contributed by atoms with Crippen LogP contribution >= 0.6 is 0 Å². The lowest BCUT2D eigenvalue weighted by molar-refractivity contribution is 0.414. The smallest absolute Gasteiger partial charge is 0.200 e. The molecule has 128 valence electrons. The second kappa shape index (κ2) is 6.52. The third-order valence-electron chi connectivity index (χ3n) is 4.56. The van der Waals surface area contributed by atoms with Crippen molar-refractivity contribution in [3.8, 4) is 28.0 Å². The topological polar surface area (TPSA) is 39.4 Å². The first kappa shape index (κ1) is 16.2. The van der Waals surface area contributed by atoms with Gasteiger partial charge in [-0.05, 0) is 35.7 Å².